The van der Waals surface area contributed by atoms with Crippen LogP contribution in [0.25, 0.3) is 11.0 Å². The van der Waals surface area contributed by atoms with E-state index in [9.17, 15) is 0 Å². The molecule has 0 fully saturated rings. The number of rotatable bonds is 3. The maximum absolute atomic E-state index is 8.43. The number of benzene rings is 1. The highest BCUT2D eigenvalue weighted by molar-refractivity contribution is 7.99. The lowest BCUT2D eigenvalue weighted by atomic mass is 10.3. The summed E-state index contributed by atoms with van der Waals surface area (Å²) in [5.74, 6) is 0.720. The lowest BCUT2D eigenvalue weighted by molar-refractivity contribution is 1.07. The van der Waals surface area contributed by atoms with E-state index in [1.807, 2.05) is 0 Å². The molecule has 0 unspecified atom stereocenters. The summed E-state index contributed by atoms with van der Waals surface area (Å²) in [4.78, 5) is 7.46. The van der Waals surface area contributed by atoms with E-state index in [-0.39, 0.29) is 0 Å². The van der Waals surface area contributed by atoms with Crippen molar-refractivity contribution >= 4 is 46.0 Å². The number of aromatic amines is 1. The van der Waals surface area contributed by atoms with Gasteiger partial charge < -0.3 is 4.98 Å². The van der Waals surface area contributed by atoms with E-state index in [2.05, 4.69) is 16.0 Å². The van der Waals surface area contributed by atoms with E-state index in [0.29, 0.717) is 16.5 Å². The number of hydrogen-bond donors (Lipinski definition) is 1. The molecule has 2 rings (SSSR count). The van der Waals surface area contributed by atoms with Crippen molar-refractivity contribution < 1.29 is 0 Å². The van der Waals surface area contributed by atoms with E-state index in [1.165, 1.54) is 11.8 Å². The quantitative estimate of drug-likeness (QED) is 0.681. The van der Waals surface area contributed by atoms with Gasteiger partial charge in [-0.3, -0.25) is 0 Å². The van der Waals surface area contributed by atoms with Gasteiger partial charge in [0.15, 0.2) is 5.16 Å². The van der Waals surface area contributed by atoms with E-state index in [4.69, 9.17) is 28.5 Å². The highest BCUT2D eigenvalue weighted by atomic mass is 35.5. The van der Waals surface area contributed by atoms with Crippen molar-refractivity contribution in [2.45, 2.75) is 11.6 Å². The minimum Gasteiger partial charge on any atom is -0.333 e. The highest BCUT2D eigenvalue weighted by Gasteiger charge is 2.06. The summed E-state index contributed by atoms with van der Waals surface area (Å²) in [5, 5.41) is 10.2. The summed E-state index contributed by atoms with van der Waals surface area (Å²) in [7, 11) is 0. The number of aromatic nitrogens is 2. The van der Waals surface area contributed by atoms with Crippen molar-refractivity contribution in [2.75, 3.05) is 5.75 Å². The molecule has 16 heavy (non-hydrogen) atoms. The van der Waals surface area contributed by atoms with Gasteiger partial charge in [-0.05, 0) is 12.1 Å². The van der Waals surface area contributed by atoms with Crippen LogP contribution in [0.15, 0.2) is 17.3 Å². The summed E-state index contributed by atoms with van der Waals surface area (Å²) in [6.45, 7) is 0. The third-order valence-electron chi connectivity index (χ3n) is 1.95. The molecule has 0 aliphatic carbocycles. The van der Waals surface area contributed by atoms with E-state index in [1.54, 1.807) is 12.1 Å². The molecule has 0 amide bonds. The molecule has 0 aliphatic heterocycles. The molecule has 0 radical (unpaired) electrons. The third-order valence-corrected chi connectivity index (χ3v) is 3.55. The first-order valence-corrected chi connectivity index (χ1v) is 6.29. The second-order valence-electron chi connectivity index (χ2n) is 3.08. The number of halogens is 2. The number of hydrogen-bond acceptors (Lipinski definition) is 3. The van der Waals surface area contributed by atoms with Crippen molar-refractivity contribution in [2.24, 2.45) is 0 Å². The molecular weight excluding hydrogens is 265 g/mol. The Kier molecular flexibility index (Phi) is 3.59. The highest BCUT2D eigenvalue weighted by Crippen LogP contribution is 2.28. The Morgan fingerprint density at radius 3 is 2.88 bits per heavy atom. The Morgan fingerprint density at radius 1 is 1.38 bits per heavy atom. The molecule has 0 bridgehead atoms. The van der Waals surface area contributed by atoms with Gasteiger partial charge in [-0.2, -0.15) is 5.26 Å². The molecule has 0 spiro atoms. The Hall–Kier alpha value is -0.890. The summed E-state index contributed by atoms with van der Waals surface area (Å²) < 4.78 is 0. The SMILES string of the molecule is N#CCCSc1nc2cc(Cl)c(Cl)cc2[nH]1. The molecule has 1 aromatic carbocycles. The summed E-state index contributed by atoms with van der Waals surface area (Å²) in [5.41, 5.74) is 1.64. The maximum Gasteiger partial charge on any atom is 0.166 e. The summed E-state index contributed by atoms with van der Waals surface area (Å²) in [6, 6.07) is 5.56. The molecule has 0 saturated carbocycles. The van der Waals surface area contributed by atoms with Crippen molar-refractivity contribution in [3.05, 3.63) is 22.2 Å². The van der Waals surface area contributed by atoms with E-state index in [0.717, 1.165) is 21.9 Å². The van der Waals surface area contributed by atoms with Gasteiger partial charge in [-0.15, -0.1) is 0 Å². The smallest absolute Gasteiger partial charge is 0.166 e. The van der Waals surface area contributed by atoms with Crippen LogP contribution in [0.1, 0.15) is 6.42 Å². The maximum atomic E-state index is 8.43. The van der Waals surface area contributed by atoms with Crippen LogP contribution in [0, 0.1) is 11.3 Å². The normalized spacial score (nSPS) is 10.6. The number of nitrogens with zero attached hydrogens (tertiary/aromatic N) is 2. The zero-order valence-corrected chi connectivity index (χ0v) is 10.5. The molecule has 0 saturated heterocycles. The number of thioether (sulfide) groups is 1. The van der Waals surface area contributed by atoms with Crippen LogP contribution in [-0.4, -0.2) is 15.7 Å². The third kappa shape index (κ3) is 2.43. The number of imidazole rings is 1. The zero-order valence-electron chi connectivity index (χ0n) is 8.13. The Bertz CT molecular complexity index is 520. The van der Waals surface area contributed by atoms with Gasteiger partial charge in [0, 0.05) is 12.2 Å². The van der Waals surface area contributed by atoms with Crippen LogP contribution < -0.4 is 0 Å². The first kappa shape index (κ1) is 11.6. The summed E-state index contributed by atoms with van der Waals surface area (Å²) in [6.07, 6.45) is 0.503. The average molecular weight is 272 g/mol. The molecule has 1 aromatic heterocycles. The average Bonchev–Trinajstić information content (AvgIpc) is 2.61. The molecule has 82 valence electrons. The number of nitrogens with one attached hydrogen (secondary N) is 1. The minimum absolute atomic E-state index is 0.495. The predicted molar refractivity (Wildman–Crippen MR) is 67.1 cm³/mol. The number of fused-ring (bicyclic) bond motifs is 1. The topological polar surface area (TPSA) is 52.5 Å². The fourth-order valence-electron chi connectivity index (χ4n) is 1.24. The van der Waals surface area contributed by atoms with Crippen LogP contribution in [0.3, 0.4) is 0 Å². The first-order chi connectivity index (χ1) is 7.70. The van der Waals surface area contributed by atoms with Crippen LogP contribution in [0.4, 0.5) is 0 Å². The standard InChI is InChI=1S/C10H7Cl2N3S/c11-6-4-8-9(5-7(6)12)15-10(14-8)16-3-1-2-13/h4-5H,1,3H2,(H,14,15). The van der Waals surface area contributed by atoms with Crippen LogP contribution in [-0.2, 0) is 0 Å². The largest absolute Gasteiger partial charge is 0.333 e. The molecule has 6 heteroatoms. The molecular formula is C10H7Cl2N3S. The lowest BCUT2D eigenvalue weighted by Gasteiger charge is -1.93. The van der Waals surface area contributed by atoms with Crippen molar-refractivity contribution in [1.29, 1.82) is 5.26 Å². The predicted octanol–water partition coefficient (Wildman–Crippen LogP) is 3.88. The van der Waals surface area contributed by atoms with Crippen molar-refractivity contribution in [3.63, 3.8) is 0 Å². The zero-order chi connectivity index (χ0) is 11.5. The van der Waals surface area contributed by atoms with Crippen molar-refractivity contribution in [3.8, 4) is 6.07 Å². The molecule has 3 nitrogen and oxygen atoms in total. The van der Waals surface area contributed by atoms with Gasteiger partial charge in [0.1, 0.15) is 0 Å². The molecule has 2 aromatic rings. The van der Waals surface area contributed by atoms with Gasteiger partial charge in [-0.1, -0.05) is 35.0 Å². The van der Waals surface area contributed by atoms with Crippen LogP contribution in [0.2, 0.25) is 10.0 Å². The van der Waals surface area contributed by atoms with Crippen LogP contribution >= 0.6 is 35.0 Å². The van der Waals surface area contributed by atoms with Gasteiger partial charge in [-0.25, -0.2) is 4.98 Å². The Labute approximate surface area is 107 Å². The fourth-order valence-corrected chi connectivity index (χ4v) is 2.30. The molecule has 1 heterocycles. The number of H-pyrrole nitrogens is 1. The second kappa shape index (κ2) is 4.96. The molecule has 0 atom stereocenters. The fraction of sp³-hybridized carbons (Fsp3) is 0.200. The number of nitriles is 1. The molecule has 0 aliphatic rings. The monoisotopic (exact) mass is 271 g/mol. The Morgan fingerprint density at radius 2 is 2.12 bits per heavy atom. The minimum atomic E-state index is 0.495. The van der Waals surface area contributed by atoms with Gasteiger partial charge in [0.25, 0.3) is 0 Å². The van der Waals surface area contributed by atoms with E-state index < -0.39 is 0 Å². The van der Waals surface area contributed by atoms with Crippen molar-refractivity contribution in [1.82, 2.24) is 9.97 Å². The second-order valence-corrected chi connectivity index (χ2v) is 4.98. The lowest BCUT2D eigenvalue weighted by Crippen LogP contribution is -1.78. The summed E-state index contributed by atoms with van der Waals surface area (Å²) >= 11 is 13.3. The van der Waals surface area contributed by atoms with Gasteiger partial charge >= 0.3 is 0 Å². The van der Waals surface area contributed by atoms with E-state index >= 15 is 0 Å². The first-order valence-electron chi connectivity index (χ1n) is 4.55. The molecule has 1 N–H and O–H groups in total. The Balaban J connectivity index is 2.27. The van der Waals surface area contributed by atoms with Gasteiger partial charge in [0.05, 0.1) is 27.1 Å². The van der Waals surface area contributed by atoms with Crippen LogP contribution in [0.5, 0.6) is 0 Å². The van der Waals surface area contributed by atoms with Gasteiger partial charge in [0.2, 0.25) is 0 Å².